The highest BCUT2D eigenvalue weighted by Gasteiger charge is 2.10. The first-order chi connectivity index (χ1) is 9.67. The van der Waals surface area contributed by atoms with E-state index >= 15 is 0 Å². The number of carbonyl (C=O) groups is 1. The number of carbonyl (C=O) groups excluding carboxylic acids is 1. The lowest BCUT2D eigenvalue weighted by Gasteiger charge is -2.02. The van der Waals surface area contributed by atoms with Gasteiger partial charge in [-0.2, -0.15) is 0 Å². The number of ether oxygens (including phenoxy) is 1. The van der Waals surface area contributed by atoms with Crippen molar-refractivity contribution in [1.82, 2.24) is 10.3 Å². The Bertz CT molecular complexity index is 696. The van der Waals surface area contributed by atoms with Crippen LogP contribution in [0.25, 0.3) is 10.9 Å². The maximum atomic E-state index is 12.1. The second kappa shape index (κ2) is 5.93. The molecule has 0 atom stereocenters. The molecule has 1 aromatic heterocycles. The van der Waals surface area contributed by atoms with E-state index in [0.717, 1.165) is 16.7 Å². The molecule has 2 aromatic rings. The molecule has 0 aliphatic carbocycles. The summed E-state index contributed by atoms with van der Waals surface area (Å²) in [4.78, 5) is 15.2. The van der Waals surface area contributed by atoms with Crippen LogP contribution in [0.5, 0.6) is 5.75 Å². The van der Waals surface area contributed by atoms with Crippen molar-refractivity contribution in [1.29, 1.82) is 0 Å². The summed E-state index contributed by atoms with van der Waals surface area (Å²) in [6, 6.07) is 7.37. The zero-order valence-electron chi connectivity index (χ0n) is 11.3. The molecule has 0 saturated carbocycles. The van der Waals surface area contributed by atoms with Crippen LogP contribution < -0.4 is 10.1 Å². The highest BCUT2D eigenvalue weighted by Crippen LogP contribution is 2.21. The Hall–Kier alpha value is -2.75. The van der Waals surface area contributed by atoms with Crippen LogP contribution in [0.4, 0.5) is 0 Å². The molecule has 1 aromatic carbocycles. The molecule has 0 saturated heterocycles. The van der Waals surface area contributed by atoms with Crippen LogP contribution in [0, 0.1) is 0 Å². The van der Waals surface area contributed by atoms with Gasteiger partial charge in [-0.05, 0) is 36.4 Å². The second-order valence-corrected chi connectivity index (χ2v) is 4.15. The molecule has 1 amide bonds. The fraction of sp³-hybridized carbons (Fsp3) is 0.0625. The van der Waals surface area contributed by atoms with Crippen LogP contribution >= 0.6 is 0 Å². The van der Waals surface area contributed by atoms with Gasteiger partial charge in [-0.15, -0.1) is 0 Å². The Morgan fingerprint density at radius 2 is 2.15 bits per heavy atom. The maximum Gasteiger partial charge on any atom is 0.272 e. The van der Waals surface area contributed by atoms with Crippen molar-refractivity contribution in [2.75, 3.05) is 7.11 Å². The van der Waals surface area contributed by atoms with Crippen LogP contribution in [0.1, 0.15) is 10.5 Å². The lowest BCUT2D eigenvalue weighted by atomic mass is 10.2. The molecule has 0 radical (unpaired) electrons. The molecule has 102 valence electrons. The molecule has 2 N–H and O–H groups in total. The minimum absolute atomic E-state index is 0.229. The van der Waals surface area contributed by atoms with E-state index in [1.54, 1.807) is 31.4 Å². The number of aromatic amines is 1. The van der Waals surface area contributed by atoms with Gasteiger partial charge < -0.3 is 15.0 Å². The highest BCUT2D eigenvalue weighted by atomic mass is 16.5. The van der Waals surface area contributed by atoms with Crippen LogP contribution in [0.2, 0.25) is 0 Å². The van der Waals surface area contributed by atoms with E-state index in [9.17, 15) is 4.79 Å². The Labute approximate surface area is 117 Å². The lowest BCUT2D eigenvalue weighted by molar-refractivity contribution is 0.0963. The molecule has 0 spiro atoms. The summed E-state index contributed by atoms with van der Waals surface area (Å²) < 4.78 is 5.16. The Morgan fingerprint density at radius 1 is 1.35 bits per heavy atom. The predicted molar refractivity (Wildman–Crippen MR) is 80.8 cm³/mol. The van der Waals surface area contributed by atoms with Gasteiger partial charge in [-0.25, -0.2) is 0 Å². The van der Waals surface area contributed by atoms with Gasteiger partial charge in [0, 0.05) is 16.6 Å². The first-order valence-electron chi connectivity index (χ1n) is 6.11. The Kier molecular flexibility index (Phi) is 4.05. The number of hydrogen-bond acceptors (Lipinski definition) is 2. The van der Waals surface area contributed by atoms with E-state index in [1.807, 2.05) is 18.2 Å². The smallest absolute Gasteiger partial charge is 0.272 e. The second-order valence-electron chi connectivity index (χ2n) is 4.15. The molecule has 0 aliphatic rings. The zero-order valence-corrected chi connectivity index (χ0v) is 11.3. The monoisotopic (exact) mass is 268 g/mol. The van der Waals surface area contributed by atoms with E-state index in [-0.39, 0.29) is 5.91 Å². The number of rotatable bonds is 5. The molecule has 20 heavy (non-hydrogen) atoms. The molecule has 4 heteroatoms. The fourth-order valence-electron chi connectivity index (χ4n) is 1.85. The highest BCUT2D eigenvalue weighted by molar-refractivity contribution is 5.99. The van der Waals surface area contributed by atoms with E-state index in [0.29, 0.717) is 11.4 Å². The molecule has 0 aliphatic heterocycles. The Morgan fingerprint density at radius 3 is 2.80 bits per heavy atom. The third-order valence-corrected chi connectivity index (χ3v) is 2.85. The van der Waals surface area contributed by atoms with Crippen molar-refractivity contribution in [2.24, 2.45) is 0 Å². The van der Waals surface area contributed by atoms with Crippen molar-refractivity contribution in [2.45, 2.75) is 0 Å². The normalized spacial score (nSPS) is 11.2. The van der Waals surface area contributed by atoms with Gasteiger partial charge >= 0.3 is 0 Å². The van der Waals surface area contributed by atoms with E-state index in [1.165, 1.54) is 0 Å². The van der Waals surface area contributed by atoms with Crippen LogP contribution in [0.15, 0.2) is 61.3 Å². The van der Waals surface area contributed by atoms with Crippen molar-refractivity contribution >= 4 is 16.8 Å². The number of H-pyrrole nitrogens is 1. The number of benzene rings is 1. The van der Waals surface area contributed by atoms with Gasteiger partial charge in [0.1, 0.15) is 11.4 Å². The summed E-state index contributed by atoms with van der Waals surface area (Å²) in [7, 11) is 1.61. The third kappa shape index (κ3) is 2.80. The number of amides is 1. The molecule has 1 heterocycles. The summed E-state index contributed by atoms with van der Waals surface area (Å²) in [5.41, 5.74) is 1.95. The van der Waals surface area contributed by atoms with E-state index in [2.05, 4.69) is 23.5 Å². The minimum atomic E-state index is -0.229. The topological polar surface area (TPSA) is 54.1 Å². The summed E-state index contributed by atoms with van der Waals surface area (Å²) in [6.07, 6.45) is 4.83. The van der Waals surface area contributed by atoms with Crippen LogP contribution in [-0.4, -0.2) is 18.0 Å². The van der Waals surface area contributed by atoms with Crippen molar-refractivity contribution < 1.29 is 9.53 Å². The summed E-state index contributed by atoms with van der Waals surface area (Å²) in [6.45, 7) is 7.22. The molecular weight excluding hydrogens is 252 g/mol. The van der Waals surface area contributed by atoms with Crippen LogP contribution in [0.3, 0.4) is 0 Å². The first-order valence-corrected chi connectivity index (χ1v) is 6.11. The number of allylic oxidation sites excluding steroid dienone is 3. The standard InChI is InChI=1S/C16H16N2O2/c1-4-6-12(5-2)17-16(19)15-10-11-9-13(20-3)7-8-14(11)18-15/h4-10,18H,1-2H2,3H3,(H,17,19)/b12-6+. The molecule has 0 bridgehead atoms. The van der Waals surface area contributed by atoms with Gasteiger partial charge in [-0.1, -0.05) is 19.2 Å². The molecular formula is C16H16N2O2. The summed E-state index contributed by atoms with van der Waals surface area (Å²) in [5.74, 6) is 0.523. The maximum absolute atomic E-state index is 12.1. The van der Waals surface area contributed by atoms with Gasteiger partial charge in [0.05, 0.1) is 7.11 Å². The zero-order chi connectivity index (χ0) is 14.5. The number of aromatic nitrogens is 1. The number of fused-ring (bicyclic) bond motifs is 1. The van der Waals surface area contributed by atoms with Crippen molar-refractivity contribution in [3.63, 3.8) is 0 Å². The number of methoxy groups -OCH3 is 1. The minimum Gasteiger partial charge on any atom is -0.497 e. The van der Waals surface area contributed by atoms with E-state index in [4.69, 9.17) is 4.74 Å². The first kappa shape index (κ1) is 13.7. The summed E-state index contributed by atoms with van der Waals surface area (Å²) >= 11 is 0. The fourth-order valence-corrected chi connectivity index (χ4v) is 1.85. The third-order valence-electron chi connectivity index (χ3n) is 2.85. The van der Waals surface area contributed by atoms with Crippen LogP contribution in [-0.2, 0) is 0 Å². The van der Waals surface area contributed by atoms with E-state index < -0.39 is 0 Å². The van der Waals surface area contributed by atoms with Gasteiger partial charge in [0.25, 0.3) is 5.91 Å². The molecule has 0 fully saturated rings. The molecule has 0 unspecified atom stereocenters. The largest absolute Gasteiger partial charge is 0.497 e. The average molecular weight is 268 g/mol. The van der Waals surface area contributed by atoms with Crippen molar-refractivity contribution in [3.8, 4) is 5.75 Å². The lowest BCUT2D eigenvalue weighted by Crippen LogP contribution is -2.21. The SMILES string of the molecule is C=C/C=C(\C=C)NC(=O)c1cc2cc(OC)ccc2[nH]1. The molecule has 4 nitrogen and oxygen atoms in total. The van der Waals surface area contributed by atoms with Crippen molar-refractivity contribution in [3.05, 3.63) is 67.0 Å². The Balaban J connectivity index is 2.28. The number of hydrogen-bond donors (Lipinski definition) is 2. The average Bonchev–Trinajstić information content (AvgIpc) is 2.89. The van der Waals surface area contributed by atoms with Gasteiger partial charge in [0.15, 0.2) is 0 Å². The summed E-state index contributed by atoms with van der Waals surface area (Å²) in [5, 5.41) is 3.66. The van der Waals surface area contributed by atoms with Gasteiger partial charge in [0.2, 0.25) is 0 Å². The van der Waals surface area contributed by atoms with Gasteiger partial charge in [-0.3, -0.25) is 4.79 Å². The quantitative estimate of drug-likeness (QED) is 0.818. The predicted octanol–water partition coefficient (Wildman–Crippen LogP) is 3.16. The molecule has 2 rings (SSSR count). The number of nitrogens with one attached hydrogen (secondary N) is 2.